The van der Waals surface area contributed by atoms with Crippen LogP contribution in [0.2, 0.25) is 0 Å². The predicted molar refractivity (Wildman–Crippen MR) is 93.0 cm³/mol. The monoisotopic (exact) mass is 402 g/mol. The number of aliphatic hydroxyl groups excluding tert-OH is 2. The van der Waals surface area contributed by atoms with Gasteiger partial charge in [0.15, 0.2) is 12.1 Å². The van der Waals surface area contributed by atoms with E-state index in [4.69, 9.17) is 28.4 Å². The maximum Gasteiger partial charge on any atom is 0.334 e. The van der Waals surface area contributed by atoms with Crippen molar-refractivity contribution in [2.75, 3.05) is 19.8 Å². The summed E-state index contributed by atoms with van der Waals surface area (Å²) in [6, 6.07) is 0. The second-order valence-electron chi connectivity index (χ2n) is 7.95. The molecule has 2 unspecified atom stereocenters. The molecule has 9 heteroatoms. The molecule has 0 radical (unpaired) electrons. The van der Waals surface area contributed by atoms with E-state index >= 15 is 0 Å². The summed E-state index contributed by atoms with van der Waals surface area (Å²) in [5.41, 5.74) is 0. The highest BCUT2D eigenvalue weighted by molar-refractivity contribution is 5.70. The summed E-state index contributed by atoms with van der Waals surface area (Å²) >= 11 is 0. The number of esters is 1. The Hall–Kier alpha value is -0.810. The zero-order chi connectivity index (χ0) is 19.6. The van der Waals surface area contributed by atoms with Gasteiger partial charge in [-0.1, -0.05) is 6.42 Å². The first-order valence-corrected chi connectivity index (χ1v) is 10.3. The van der Waals surface area contributed by atoms with Gasteiger partial charge in [-0.2, -0.15) is 0 Å². The zero-order valence-corrected chi connectivity index (χ0v) is 16.0. The minimum absolute atomic E-state index is 0.317. The van der Waals surface area contributed by atoms with E-state index < -0.39 is 55.4 Å². The fourth-order valence-electron chi connectivity index (χ4n) is 4.43. The van der Waals surface area contributed by atoms with Crippen LogP contribution in [0.5, 0.6) is 0 Å². The van der Waals surface area contributed by atoms with Crippen molar-refractivity contribution >= 4 is 5.97 Å². The maximum atomic E-state index is 12.1. The van der Waals surface area contributed by atoms with E-state index in [0.717, 1.165) is 44.9 Å². The molecule has 4 rings (SSSR count). The van der Waals surface area contributed by atoms with Crippen molar-refractivity contribution in [1.82, 2.24) is 0 Å². The SMILES string of the molecule is O=C(CO[C@@H]1[C@H]2OC3(CCCCC3)O[C@H]2O[C@@H]1C(O)CO)OC1CCCCO1. The molecule has 4 fully saturated rings. The molecule has 1 spiro atoms. The lowest BCUT2D eigenvalue weighted by Crippen LogP contribution is -2.46. The molecule has 28 heavy (non-hydrogen) atoms. The molecule has 6 atom stereocenters. The lowest BCUT2D eigenvalue weighted by Gasteiger charge is -2.34. The Kier molecular flexibility index (Phi) is 6.51. The Morgan fingerprint density at radius 1 is 1.14 bits per heavy atom. The van der Waals surface area contributed by atoms with Crippen LogP contribution in [0, 0.1) is 0 Å². The van der Waals surface area contributed by atoms with Gasteiger partial charge in [0.1, 0.15) is 31.0 Å². The lowest BCUT2D eigenvalue weighted by atomic mass is 9.94. The van der Waals surface area contributed by atoms with Crippen molar-refractivity contribution in [3.63, 3.8) is 0 Å². The molecular weight excluding hydrogens is 372 g/mol. The third kappa shape index (κ3) is 4.35. The van der Waals surface area contributed by atoms with Crippen molar-refractivity contribution in [2.24, 2.45) is 0 Å². The van der Waals surface area contributed by atoms with E-state index in [-0.39, 0.29) is 6.61 Å². The second kappa shape index (κ2) is 8.91. The largest absolute Gasteiger partial charge is 0.434 e. The van der Waals surface area contributed by atoms with Crippen LogP contribution in [-0.2, 0) is 33.2 Å². The van der Waals surface area contributed by atoms with Gasteiger partial charge in [-0.25, -0.2) is 4.79 Å². The molecule has 0 aromatic heterocycles. The third-order valence-electron chi connectivity index (χ3n) is 5.86. The normalized spacial score (nSPS) is 38.3. The molecular formula is C19H30O9. The summed E-state index contributed by atoms with van der Waals surface area (Å²) < 4.78 is 34.5. The van der Waals surface area contributed by atoms with E-state index in [1.807, 2.05) is 0 Å². The Morgan fingerprint density at radius 2 is 1.96 bits per heavy atom. The summed E-state index contributed by atoms with van der Waals surface area (Å²) in [6.45, 7) is -0.228. The van der Waals surface area contributed by atoms with Gasteiger partial charge < -0.3 is 38.6 Å². The summed E-state index contributed by atoms with van der Waals surface area (Å²) in [5.74, 6) is -1.22. The Labute approximate surface area is 164 Å². The zero-order valence-electron chi connectivity index (χ0n) is 16.0. The van der Waals surface area contributed by atoms with Crippen LogP contribution in [0.25, 0.3) is 0 Å². The minimum Gasteiger partial charge on any atom is -0.434 e. The number of aliphatic hydroxyl groups is 2. The highest BCUT2D eigenvalue weighted by atomic mass is 16.8. The smallest absolute Gasteiger partial charge is 0.334 e. The predicted octanol–water partition coefficient (Wildman–Crippen LogP) is 0.595. The van der Waals surface area contributed by atoms with E-state index in [9.17, 15) is 15.0 Å². The number of hydrogen-bond acceptors (Lipinski definition) is 9. The second-order valence-corrected chi connectivity index (χ2v) is 7.95. The van der Waals surface area contributed by atoms with Crippen molar-refractivity contribution in [2.45, 2.75) is 94.1 Å². The first-order valence-electron chi connectivity index (χ1n) is 10.3. The number of fused-ring (bicyclic) bond motifs is 1. The van der Waals surface area contributed by atoms with Gasteiger partial charge >= 0.3 is 5.97 Å². The summed E-state index contributed by atoms with van der Waals surface area (Å²) in [7, 11) is 0. The fourth-order valence-corrected chi connectivity index (χ4v) is 4.43. The molecule has 4 aliphatic rings. The molecule has 0 aromatic carbocycles. The average molecular weight is 402 g/mol. The van der Waals surface area contributed by atoms with Crippen LogP contribution in [0.3, 0.4) is 0 Å². The maximum absolute atomic E-state index is 12.1. The molecule has 0 aromatic rings. The first kappa shape index (κ1) is 20.5. The molecule has 3 aliphatic heterocycles. The number of carbonyl (C=O) groups is 1. The van der Waals surface area contributed by atoms with Crippen LogP contribution >= 0.6 is 0 Å². The highest BCUT2D eigenvalue weighted by Gasteiger charge is 2.59. The third-order valence-corrected chi connectivity index (χ3v) is 5.86. The van der Waals surface area contributed by atoms with Crippen molar-refractivity contribution in [3.8, 4) is 0 Å². The molecule has 2 N–H and O–H groups in total. The molecule has 0 bridgehead atoms. The lowest BCUT2D eigenvalue weighted by molar-refractivity contribution is -0.257. The number of carbonyl (C=O) groups excluding carboxylic acids is 1. The molecule has 3 saturated heterocycles. The molecule has 0 amide bonds. The number of ether oxygens (including phenoxy) is 6. The van der Waals surface area contributed by atoms with Gasteiger partial charge in [-0.05, 0) is 25.7 Å². The van der Waals surface area contributed by atoms with E-state index in [2.05, 4.69) is 0 Å². The van der Waals surface area contributed by atoms with Crippen LogP contribution in [-0.4, -0.2) is 78.8 Å². The molecule has 1 saturated carbocycles. The molecule has 160 valence electrons. The Bertz CT molecular complexity index is 529. The van der Waals surface area contributed by atoms with Crippen molar-refractivity contribution in [1.29, 1.82) is 0 Å². The molecule has 3 heterocycles. The highest BCUT2D eigenvalue weighted by Crippen LogP contribution is 2.46. The van der Waals surface area contributed by atoms with Gasteiger partial charge in [-0.3, -0.25) is 0 Å². The van der Waals surface area contributed by atoms with Crippen LogP contribution in [0.15, 0.2) is 0 Å². The number of rotatable bonds is 6. The van der Waals surface area contributed by atoms with E-state index in [1.54, 1.807) is 0 Å². The van der Waals surface area contributed by atoms with Gasteiger partial charge in [0, 0.05) is 19.3 Å². The molecule has 9 nitrogen and oxygen atoms in total. The molecule has 1 aliphatic carbocycles. The van der Waals surface area contributed by atoms with Gasteiger partial charge in [0.25, 0.3) is 0 Å². The summed E-state index contributed by atoms with van der Waals surface area (Å²) in [6.07, 6.45) is 2.79. The standard InChI is InChI=1S/C19H30O9/c20-10-12(21)15-16(24-11-13(22)25-14-6-2-5-9-23-14)17-18(26-15)28-19(27-17)7-3-1-4-8-19/h12,14-18,20-21H,1-11H2/t12?,14?,15-,16+,17-,18-/m1/s1. The van der Waals surface area contributed by atoms with Gasteiger partial charge in [0.2, 0.25) is 6.29 Å². The van der Waals surface area contributed by atoms with Gasteiger partial charge in [-0.15, -0.1) is 0 Å². The summed E-state index contributed by atoms with van der Waals surface area (Å²) in [4.78, 5) is 12.1. The minimum atomic E-state index is -1.16. The topological polar surface area (TPSA) is 113 Å². The van der Waals surface area contributed by atoms with Crippen molar-refractivity contribution in [3.05, 3.63) is 0 Å². The fraction of sp³-hybridized carbons (Fsp3) is 0.947. The van der Waals surface area contributed by atoms with Crippen LogP contribution in [0.4, 0.5) is 0 Å². The quantitative estimate of drug-likeness (QED) is 0.617. The summed E-state index contributed by atoms with van der Waals surface area (Å²) in [5, 5.41) is 19.4. The van der Waals surface area contributed by atoms with E-state index in [1.165, 1.54) is 0 Å². The van der Waals surface area contributed by atoms with Crippen molar-refractivity contribution < 1.29 is 43.4 Å². The number of hydrogen-bond donors (Lipinski definition) is 2. The van der Waals surface area contributed by atoms with Crippen LogP contribution < -0.4 is 0 Å². The Morgan fingerprint density at radius 3 is 2.68 bits per heavy atom. The first-order chi connectivity index (χ1) is 13.6. The van der Waals surface area contributed by atoms with Crippen LogP contribution in [0.1, 0.15) is 51.4 Å². The van der Waals surface area contributed by atoms with Gasteiger partial charge in [0.05, 0.1) is 13.2 Å². The Balaban J connectivity index is 1.36. The van der Waals surface area contributed by atoms with E-state index in [0.29, 0.717) is 13.0 Å². The average Bonchev–Trinajstić information content (AvgIpc) is 3.21.